The molecule has 0 saturated heterocycles. The summed E-state index contributed by atoms with van der Waals surface area (Å²) in [4.78, 5) is 14.9. The molecule has 0 fully saturated rings. The van der Waals surface area contributed by atoms with Gasteiger partial charge in [-0.05, 0) is 94.0 Å². The van der Waals surface area contributed by atoms with Gasteiger partial charge in [0.1, 0.15) is 0 Å². The summed E-state index contributed by atoms with van der Waals surface area (Å²) in [7, 11) is 0. The largest absolute Gasteiger partial charge is 0.417 e. The number of alkyl halides is 12. The molecule has 9 aromatic carbocycles. The summed E-state index contributed by atoms with van der Waals surface area (Å²) in [6.45, 7) is 0. The Morgan fingerprint density at radius 1 is 0.308 bits per heavy atom. The maximum absolute atomic E-state index is 14.9. The minimum absolute atomic E-state index is 0.0338. The molecule has 78 heavy (non-hydrogen) atoms. The Hall–Kier alpha value is -8.83. The van der Waals surface area contributed by atoms with Crippen molar-refractivity contribution in [1.29, 1.82) is 0 Å². The maximum atomic E-state index is 14.9. The lowest BCUT2D eigenvalue weighted by molar-refractivity contribution is -0.144. The van der Waals surface area contributed by atoms with Crippen molar-refractivity contribution in [3.8, 4) is 73.2 Å². The predicted octanol–water partition coefficient (Wildman–Crippen LogP) is 19.4. The van der Waals surface area contributed by atoms with E-state index in [-0.39, 0.29) is 57.5 Å². The van der Waals surface area contributed by atoms with Crippen LogP contribution >= 0.6 is 11.3 Å². The van der Waals surface area contributed by atoms with E-state index in [0.29, 0.717) is 45.2 Å². The topological polar surface area (TPSA) is 43.6 Å². The van der Waals surface area contributed by atoms with Gasteiger partial charge < -0.3 is 4.57 Å². The summed E-state index contributed by atoms with van der Waals surface area (Å²) in [6.07, 6.45) is -20.8. The van der Waals surface area contributed by atoms with Gasteiger partial charge in [-0.2, -0.15) is 52.7 Å². The van der Waals surface area contributed by atoms with Crippen molar-refractivity contribution in [3.05, 3.63) is 216 Å². The van der Waals surface area contributed by atoms with Crippen molar-refractivity contribution in [2.45, 2.75) is 24.7 Å². The quantitative estimate of drug-likeness (QED) is 0.149. The zero-order valence-corrected chi connectivity index (χ0v) is 40.5. The molecule has 12 aromatic rings. The maximum Gasteiger partial charge on any atom is 0.417 e. The third kappa shape index (κ3) is 9.06. The summed E-state index contributed by atoms with van der Waals surface area (Å²) in [6, 6.07) is 48.1. The molecule has 0 radical (unpaired) electrons. The van der Waals surface area contributed by atoms with Crippen molar-refractivity contribution in [1.82, 2.24) is 19.5 Å². The van der Waals surface area contributed by atoms with E-state index in [9.17, 15) is 52.7 Å². The summed E-state index contributed by atoms with van der Waals surface area (Å²) < 4.78 is 177. The first kappa shape index (κ1) is 50.0. The van der Waals surface area contributed by atoms with Gasteiger partial charge in [-0.1, -0.05) is 133 Å². The lowest BCUT2D eigenvalue weighted by atomic mass is 9.95. The fourth-order valence-corrected chi connectivity index (χ4v) is 11.1. The highest BCUT2D eigenvalue weighted by Gasteiger charge is 2.40. The SMILES string of the molecule is FC(F)(F)c1ccc(-c2ccc3c4ccc(-c5ccc(C(F)(F)F)cc5C(F)(F)F)cc4n(-c4ccc(-c5ccc6c(c5)sc5ccccc56)cc4-c4nc(-c5ccccc5)nc(-c5ccccc5)n4)c3c2)c(C(F)(F)F)c1. The van der Waals surface area contributed by atoms with Crippen molar-refractivity contribution in [2.75, 3.05) is 0 Å². The first-order valence-corrected chi connectivity index (χ1v) is 24.6. The molecule has 4 nitrogen and oxygen atoms in total. The number of aromatic nitrogens is 4. The second-order valence-electron chi connectivity index (χ2n) is 18.4. The van der Waals surface area contributed by atoms with Crippen LogP contribution in [0.2, 0.25) is 0 Å². The van der Waals surface area contributed by atoms with Gasteiger partial charge in [-0.3, -0.25) is 0 Å². The van der Waals surface area contributed by atoms with Crippen molar-refractivity contribution < 1.29 is 52.7 Å². The van der Waals surface area contributed by atoms with E-state index in [0.717, 1.165) is 37.9 Å². The van der Waals surface area contributed by atoms with Crippen molar-refractivity contribution in [2.24, 2.45) is 0 Å². The average molecular weight is 1080 g/mol. The number of thiophene rings is 1. The third-order valence-corrected chi connectivity index (χ3v) is 14.7. The molecule has 17 heteroatoms. The number of hydrogen-bond donors (Lipinski definition) is 0. The molecule has 12 rings (SSSR count). The van der Waals surface area contributed by atoms with E-state index >= 15 is 0 Å². The number of fused-ring (bicyclic) bond motifs is 6. The van der Waals surface area contributed by atoms with Gasteiger partial charge in [0.15, 0.2) is 17.5 Å². The van der Waals surface area contributed by atoms with Crippen molar-refractivity contribution >= 4 is 53.3 Å². The Bertz CT molecular complexity index is 4140. The van der Waals surface area contributed by atoms with Crippen LogP contribution in [0.25, 0.3) is 115 Å². The average Bonchev–Trinajstić information content (AvgIpc) is 4.19. The molecule has 0 N–H and O–H groups in total. The summed E-state index contributed by atoms with van der Waals surface area (Å²) in [5.41, 5.74) is -4.26. The van der Waals surface area contributed by atoms with Gasteiger partial charge in [0.05, 0.1) is 39.0 Å². The Morgan fingerprint density at radius 2 is 0.744 bits per heavy atom. The highest BCUT2D eigenvalue weighted by molar-refractivity contribution is 7.25. The minimum Gasteiger partial charge on any atom is -0.308 e. The first-order chi connectivity index (χ1) is 37.2. The van der Waals surface area contributed by atoms with Gasteiger partial charge >= 0.3 is 24.7 Å². The molecule has 0 unspecified atom stereocenters. The van der Waals surface area contributed by atoms with E-state index in [1.807, 2.05) is 60.7 Å². The van der Waals surface area contributed by atoms with E-state index < -0.39 is 58.1 Å². The molecule has 0 atom stereocenters. The number of nitrogens with zero attached hydrogens (tertiary/aromatic N) is 4. The Labute approximate surface area is 438 Å². The van der Waals surface area contributed by atoms with Crippen LogP contribution in [0.4, 0.5) is 52.7 Å². The highest BCUT2D eigenvalue weighted by atomic mass is 32.1. The van der Waals surface area contributed by atoms with E-state index in [4.69, 9.17) is 15.0 Å². The second-order valence-corrected chi connectivity index (χ2v) is 19.5. The Morgan fingerprint density at radius 3 is 1.26 bits per heavy atom. The summed E-state index contributed by atoms with van der Waals surface area (Å²) in [5.74, 6) is 0.588. The number of hydrogen-bond acceptors (Lipinski definition) is 4. The van der Waals surface area contributed by atoms with Gasteiger partial charge in [-0.25, -0.2) is 15.0 Å². The lowest BCUT2D eigenvalue weighted by Gasteiger charge is -2.18. The number of benzene rings is 9. The van der Waals surface area contributed by atoms with Crippen LogP contribution in [0, 0.1) is 0 Å². The fourth-order valence-electron chi connectivity index (χ4n) is 9.95. The molecule has 0 aliphatic rings. The van der Waals surface area contributed by atoms with Gasteiger partial charge in [0, 0.05) is 47.6 Å². The molecule has 0 amide bonds. The number of rotatable bonds is 7. The standard InChI is InChI=1S/C61H32F12N4S/c62-58(63,64)39-19-24-41(48(31-39)60(68,69)70)37-16-21-43-44-22-17-38(42-25-20-40(59(65,66)67)32-49(42)61(71,72)73)29-52(44)77(51(43)28-37)50-26-18-35(36-15-23-46-45-13-7-8-14-53(45)78-54(46)30-36)27-47(50)57-75-55(33-9-3-1-4-10-33)74-56(76-57)34-11-5-2-6-12-34/h1-32H. The first-order valence-electron chi connectivity index (χ1n) is 23.8. The van der Waals surface area contributed by atoms with Crippen LogP contribution < -0.4 is 0 Å². The molecule has 3 heterocycles. The normalized spacial score (nSPS) is 12.6. The smallest absolute Gasteiger partial charge is 0.308 e. The highest BCUT2D eigenvalue weighted by Crippen LogP contribution is 2.47. The molecule has 0 saturated carbocycles. The molecule has 0 spiro atoms. The van der Waals surface area contributed by atoms with E-state index in [2.05, 4.69) is 0 Å². The minimum atomic E-state index is -5.27. The molecular formula is C61H32F12N4S. The van der Waals surface area contributed by atoms with E-state index in [1.54, 1.807) is 76.6 Å². The summed E-state index contributed by atoms with van der Waals surface area (Å²) >= 11 is 1.59. The van der Waals surface area contributed by atoms with Gasteiger partial charge in [0.2, 0.25) is 0 Å². The number of halogens is 12. The third-order valence-electron chi connectivity index (χ3n) is 13.6. The lowest BCUT2D eigenvalue weighted by Crippen LogP contribution is -2.12. The predicted molar refractivity (Wildman–Crippen MR) is 280 cm³/mol. The zero-order valence-electron chi connectivity index (χ0n) is 39.7. The van der Waals surface area contributed by atoms with Crippen LogP contribution in [0.1, 0.15) is 22.3 Å². The fraction of sp³-hybridized carbons (Fsp3) is 0.0656. The van der Waals surface area contributed by atoms with Crippen LogP contribution in [0.5, 0.6) is 0 Å². The molecule has 3 aromatic heterocycles. The molecule has 0 aliphatic heterocycles. The molecule has 0 bridgehead atoms. The Balaban J connectivity index is 1.18. The van der Waals surface area contributed by atoms with Crippen LogP contribution in [0.15, 0.2) is 194 Å². The monoisotopic (exact) mass is 1080 g/mol. The van der Waals surface area contributed by atoms with Gasteiger partial charge in [-0.15, -0.1) is 11.3 Å². The van der Waals surface area contributed by atoms with Crippen LogP contribution in [-0.2, 0) is 24.7 Å². The van der Waals surface area contributed by atoms with Gasteiger partial charge in [0.25, 0.3) is 0 Å². The van der Waals surface area contributed by atoms with Crippen LogP contribution in [0.3, 0.4) is 0 Å². The molecule has 386 valence electrons. The zero-order chi connectivity index (χ0) is 54.5. The van der Waals surface area contributed by atoms with E-state index in [1.165, 1.54) is 36.4 Å². The van der Waals surface area contributed by atoms with Crippen molar-refractivity contribution in [3.63, 3.8) is 0 Å². The van der Waals surface area contributed by atoms with Crippen LogP contribution in [-0.4, -0.2) is 19.5 Å². The Kier molecular flexibility index (Phi) is 11.8. The molecular weight excluding hydrogens is 1050 g/mol. The molecule has 0 aliphatic carbocycles. The summed E-state index contributed by atoms with van der Waals surface area (Å²) in [5, 5.41) is 2.78. The second kappa shape index (κ2) is 18.4.